The maximum Gasteiger partial charge on any atom is 0.221 e. The number of carbonyl (C=O) groups is 1. The lowest BCUT2D eigenvalue weighted by Gasteiger charge is -2.36. The maximum absolute atomic E-state index is 10.7. The van der Waals surface area contributed by atoms with E-state index in [1.165, 1.54) is 126 Å². The summed E-state index contributed by atoms with van der Waals surface area (Å²) in [5, 5.41) is 3.60. The third-order valence-electron chi connectivity index (χ3n) is 9.79. The van der Waals surface area contributed by atoms with Crippen LogP contribution >= 0.6 is 11.6 Å². The van der Waals surface area contributed by atoms with Crippen LogP contribution in [0.5, 0.6) is 0 Å². The SMILES string of the molecule is CN(C)c1ccc2c(c1)N(c1ccccc1)c1cc(N)cc(CCCCCCCCCCCCCCCCCCCCCC(=O)Cl)c1N2. The molecule has 1 heterocycles. The lowest BCUT2D eigenvalue weighted by atomic mass is 9.98. The minimum absolute atomic E-state index is 0.188. The number of nitrogen functional groups attached to an aromatic ring is 1. The second kappa shape index (κ2) is 21.0. The maximum atomic E-state index is 10.7. The second-order valence-electron chi connectivity index (χ2n) is 14.0. The molecule has 0 saturated carbocycles. The number of nitrogens with one attached hydrogen (secondary N) is 1. The van der Waals surface area contributed by atoms with Crippen molar-refractivity contribution in [2.24, 2.45) is 0 Å². The van der Waals surface area contributed by atoms with Crippen LogP contribution in [-0.4, -0.2) is 19.3 Å². The molecule has 0 atom stereocenters. The van der Waals surface area contributed by atoms with Gasteiger partial charge < -0.3 is 20.9 Å². The Balaban J connectivity index is 1.09. The number of anilines is 7. The molecule has 48 heavy (non-hydrogen) atoms. The molecule has 0 bridgehead atoms. The van der Waals surface area contributed by atoms with Crippen LogP contribution < -0.4 is 20.9 Å². The van der Waals surface area contributed by atoms with Crippen LogP contribution in [0.25, 0.3) is 0 Å². The van der Waals surface area contributed by atoms with Crippen LogP contribution in [0.1, 0.15) is 134 Å². The van der Waals surface area contributed by atoms with Crippen molar-refractivity contribution in [2.45, 2.75) is 135 Å². The highest BCUT2D eigenvalue weighted by Crippen LogP contribution is 2.51. The van der Waals surface area contributed by atoms with Gasteiger partial charge in [-0.15, -0.1) is 0 Å². The number of hydrogen-bond donors (Lipinski definition) is 2. The van der Waals surface area contributed by atoms with Gasteiger partial charge >= 0.3 is 0 Å². The van der Waals surface area contributed by atoms with E-state index < -0.39 is 0 Å². The molecule has 0 amide bonds. The highest BCUT2D eigenvalue weighted by atomic mass is 35.5. The topological polar surface area (TPSA) is 61.6 Å². The molecule has 0 radical (unpaired) electrons. The Morgan fingerprint density at radius 2 is 1.19 bits per heavy atom. The van der Waals surface area contributed by atoms with Gasteiger partial charge in [0.15, 0.2) is 0 Å². The van der Waals surface area contributed by atoms with E-state index >= 15 is 0 Å². The Labute approximate surface area is 296 Å². The predicted molar refractivity (Wildman–Crippen MR) is 210 cm³/mol. The molecule has 262 valence electrons. The summed E-state index contributed by atoms with van der Waals surface area (Å²) < 4.78 is 0. The number of unbranched alkanes of at least 4 members (excludes halogenated alkanes) is 18. The summed E-state index contributed by atoms with van der Waals surface area (Å²) in [5.41, 5.74) is 15.5. The van der Waals surface area contributed by atoms with E-state index in [0.29, 0.717) is 6.42 Å². The molecule has 1 aliphatic heterocycles. The molecule has 4 rings (SSSR count). The van der Waals surface area contributed by atoms with Crippen LogP contribution in [0.2, 0.25) is 0 Å². The van der Waals surface area contributed by atoms with Crippen molar-refractivity contribution in [3.05, 3.63) is 66.2 Å². The number of nitrogens with zero attached hydrogens (tertiary/aromatic N) is 2. The van der Waals surface area contributed by atoms with Gasteiger partial charge in [-0.3, -0.25) is 4.79 Å². The Kier molecular flexibility index (Phi) is 16.5. The average molecular weight is 673 g/mol. The standard InChI is InChI=1S/C42H61ClN4O/c1-46(2)37-29-30-38-39(33-37)47(36-26-22-20-23-27-36)40-32-35(44)31-34(42(40)45-38)25-21-18-16-14-12-10-8-6-4-3-5-7-9-11-13-15-17-19-24-28-41(43)48/h20,22-23,26-27,29-33,45H,3-19,21,24-25,28,44H2,1-2H3. The fourth-order valence-corrected chi connectivity index (χ4v) is 7.15. The fourth-order valence-electron chi connectivity index (χ4n) is 7.02. The largest absolute Gasteiger partial charge is 0.399 e. The first-order chi connectivity index (χ1) is 23.4. The van der Waals surface area contributed by atoms with Gasteiger partial charge in [0.05, 0.1) is 22.7 Å². The van der Waals surface area contributed by atoms with E-state index in [1.54, 1.807) is 0 Å². The summed E-state index contributed by atoms with van der Waals surface area (Å²) in [5.74, 6) is 0. The number of nitrogens with two attached hydrogens (primary N) is 1. The van der Waals surface area contributed by atoms with Crippen molar-refractivity contribution < 1.29 is 4.79 Å². The molecule has 0 aliphatic carbocycles. The van der Waals surface area contributed by atoms with Crippen molar-refractivity contribution in [1.29, 1.82) is 0 Å². The third-order valence-corrected chi connectivity index (χ3v) is 9.98. The Bertz CT molecular complexity index is 1380. The van der Waals surface area contributed by atoms with Crippen LogP contribution in [0, 0.1) is 0 Å². The molecular weight excluding hydrogens is 612 g/mol. The molecule has 3 aromatic carbocycles. The molecule has 0 aromatic heterocycles. The highest BCUT2D eigenvalue weighted by Gasteiger charge is 2.27. The summed E-state index contributed by atoms with van der Waals surface area (Å²) in [6.07, 6.45) is 26.6. The van der Waals surface area contributed by atoms with Crippen LogP contribution in [0.15, 0.2) is 60.7 Å². The van der Waals surface area contributed by atoms with Crippen molar-refractivity contribution in [2.75, 3.05) is 34.9 Å². The quantitative estimate of drug-likeness (QED) is 0.0440. The van der Waals surface area contributed by atoms with Gasteiger partial charge in [0, 0.05) is 37.6 Å². The predicted octanol–water partition coefficient (Wildman–Crippen LogP) is 13.0. The van der Waals surface area contributed by atoms with Crippen molar-refractivity contribution in [3.63, 3.8) is 0 Å². The monoisotopic (exact) mass is 672 g/mol. The van der Waals surface area contributed by atoms with Crippen LogP contribution in [0.4, 0.5) is 39.8 Å². The summed E-state index contributed by atoms with van der Waals surface area (Å²) in [6.45, 7) is 0. The molecular formula is C42H61ClN4O. The fraction of sp³-hybridized carbons (Fsp3) is 0.548. The van der Waals surface area contributed by atoms with Gasteiger partial charge in [-0.25, -0.2) is 0 Å². The zero-order valence-electron chi connectivity index (χ0n) is 29.9. The summed E-state index contributed by atoms with van der Waals surface area (Å²) in [7, 11) is 4.17. The first-order valence-corrected chi connectivity index (χ1v) is 19.4. The minimum Gasteiger partial charge on any atom is -0.399 e. The van der Waals surface area contributed by atoms with Gasteiger partial charge in [-0.05, 0) is 78.9 Å². The second-order valence-corrected chi connectivity index (χ2v) is 14.5. The Hall–Kier alpha value is -3.18. The zero-order chi connectivity index (χ0) is 34.0. The Morgan fingerprint density at radius 1 is 0.667 bits per heavy atom. The molecule has 6 heteroatoms. The summed E-state index contributed by atoms with van der Waals surface area (Å²) in [6, 6.07) is 21.6. The minimum atomic E-state index is -0.188. The number of aryl methyl sites for hydroxylation is 1. The number of benzene rings is 3. The molecule has 0 fully saturated rings. The molecule has 0 spiro atoms. The molecule has 3 aromatic rings. The van der Waals surface area contributed by atoms with Crippen molar-refractivity contribution in [3.8, 4) is 0 Å². The van der Waals surface area contributed by atoms with Crippen LogP contribution in [0.3, 0.4) is 0 Å². The third kappa shape index (κ3) is 12.4. The first kappa shape index (κ1) is 37.6. The van der Waals surface area contributed by atoms with E-state index in [-0.39, 0.29) is 5.24 Å². The number of rotatable bonds is 24. The lowest BCUT2D eigenvalue weighted by molar-refractivity contribution is -0.111. The molecule has 1 aliphatic rings. The van der Waals surface area contributed by atoms with E-state index in [0.717, 1.165) is 47.7 Å². The van der Waals surface area contributed by atoms with E-state index in [9.17, 15) is 4.79 Å². The zero-order valence-corrected chi connectivity index (χ0v) is 30.6. The molecule has 0 saturated heterocycles. The molecule has 0 unspecified atom stereocenters. The van der Waals surface area contributed by atoms with Crippen molar-refractivity contribution in [1.82, 2.24) is 0 Å². The van der Waals surface area contributed by atoms with Crippen molar-refractivity contribution >= 4 is 56.7 Å². The van der Waals surface area contributed by atoms with E-state index in [2.05, 4.69) is 89.9 Å². The average Bonchev–Trinajstić information content (AvgIpc) is 3.08. The molecule has 3 N–H and O–H groups in total. The Morgan fingerprint density at radius 3 is 1.71 bits per heavy atom. The highest BCUT2D eigenvalue weighted by molar-refractivity contribution is 6.63. The number of hydrogen-bond acceptors (Lipinski definition) is 5. The van der Waals surface area contributed by atoms with Gasteiger partial charge in [0.1, 0.15) is 0 Å². The number of fused-ring (bicyclic) bond motifs is 2. The van der Waals surface area contributed by atoms with E-state index in [4.69, 9.17) is 17.3 Å². The van der Waals surface area contributed by atoms with Gasteiger partial charge in [0.2, 0.25) is 5.24 Å². The van der Waals surface area contributed by atoms with E-state index in [1.807, 2.05) is 0 Å². The van der Waals surface area contributed by atoms with Gasteiger partial charge in [-0.1, -0.05) is 127 Å². The van der Waals surface area contributed by atoms with Gasteiger partial charge in [0.25, 0.3) is 0 Å². The summed E-state index contributed by atoms with van der Waals surface area (Å²) in [4.78, 5) is 15.3. The lowest BCUT2D eigenvalue weighted by Crippen LogP contribution is -2.20. The number of para-hydroxylation sites is 1. The van der Waals surface area contributed by atoms with Crippen LogP contribution in [-0.2, 0) is 11.2 Å². The molecule has 5 nitrogen and oxygen atoms in total. The number of halogens is 1. The van der Waals surface area contributed by atoms with Gasteiger partial charge in [-0.2, -0.15) is 0 Å². The smallest absolute Gasteiger partial charge is 0.221 e. The first-order valence-electron chi connectivity index (χ1n) is 19.0. The number of carbonyl (C=O) groups excluding carboxylic acids is 1. The summed E-state index contributed by atoms with van der Waals surface area (Å²) >= 11 is 5.39. The normalized spacial score (nSPS) is 12.0.